The van der Waals surface area contributed by atoms with Crippen LogP contribution in [0, 0.1) is 19.8 Å². The largest absolute Gasteiger partial charge is 0.392 e. The van der Waals surface area contributed by atoms with Crippen LogP contribution >= 0.6 is 0 Å². The Hall–Kier alpha value is -0.880. The topological polar surface area (TPSA) is 72.2 Å². The fraction of sp³-hybridized carbons (Fsp3) is 0.800. The quantitative estimate of drug-likeness (QED) is 0.915. The van der Waals surface area contributed by atoms with Crippen LogP contribution in [-0.2, 0) is 23.3 Å². The van der Waals surface area contributed by atoms with Gasteiger partial charge in [0, 0.05) is 25.4 Å². The normalized spacial score (nSPS) is 25.0. The lowest BCUT2D eigenvalue weighted by Gasteiger charge is -2.31. The molecule has 0 saturated heterocycles. The van der Waals surface area contributed by atoms with Crippen molar-refractivity contribution in [1.82, 2.24) is 9.78 Å². The summed E-state index contributed by atoms with van der Waals surface area (Å²) >= 11 is 0. The minimum Gasteiger partial charge on any atom is -0.392 e. The Morgan fingerprint density at radius 3 is 2.57 bits per heavy atom. The maximum Gasteiger partial charge on any atom is 0.150 e. The van der Waals surface area contributed by atoms with Crippen LogP contribution in [0.5, 0.6) is 0 Å². The lowest BCUT2D eigenvalue weighted by molar-refractivity contribution is 0.0856. The van der Waals surface area contributed by atoms with Gasteiger partial charge in [-0.3, -0.25) is 4.68 Å². The summed E-state index contributed by atoms with van der Waals surface area (Å²) in [4.78, 5) is 0. The van der Waals surface area contributed by atoms with Gasteiger partial charge in [-0.25, -0.2) is 8.42 Å². The Kier molecular flexibility index (Phi) is 4.78. The highest BCUT2D eigenvalue weighted by molar-refractivity contribution is 7.91. The van der Waals surface area contributed by atoms with Gasteiger partial charge in [-0.05, 0) is 44.6 Å². The number of sulfone groups is 1. The predicted molar refractivity (Wildman–Crippen MR) is 83.0 cm³/mol. The van der Waals surface area contributed by atoms with E-state index in [1.54, 1.807) is 0 Å². The van der Waals surface area contributed by atoms with Crippen LogP contribution in [0.1, 0.15) is 42.6 Å². The first-order valence-corrected chi connectivity index (χ1v) is 9.51. The molecule has 1 aliphatic carbocycles. The van der Waals surface area contributed by atoms with Gasteiger partial charge in [0.25, 0.3) is 0 Å². The van der Waals surface area contributed by atoms with Crippen molar-refractivity contribution in [2.75, 3.05) is 6.26 Å². The zero-order valence-corrected chi connectivity index (χ0v) is 14.2. The third-order valence-corrected chi connectivity index (χ3v) is 6.53. The molecular formula is C15H26N2O3S. The van der Waals surface area contributed by atoms with E-state index in [-0.39, 0.29) is 11.2 Å². The van der Waals surface area contributed by atoms with Crippen molar-refractivity contribution >= 4 is 9.84 Å². The lowest BCUT2D eigenvalue weighted by Crippen LogP contribution is -2.34. The summed E-state index contributed by atoms with van der Waals surface area (Å²) in [6.45, 7) is 3.96. The van der Waals surface area contributed by atoms with Crippen LogP contribution in [0.15, 0.2) is 0 Å². The van der Waals surface area contributed by atoms with Crippen molar-refractivity contribution in [2.24, 2.45) is 13.0 Å². The summed E-state index contributed by atoms with van der Waals surface area (Å²) in [5.74, 6) is 0.0671. The second-order valence-corrected chi connectivity index (χ2v) is 8.75. The minimum atomic E-state index is -3.00. The van der Waals surface area contributed by atoms with E-state index in [0.717, 1.165) is 36.2 Å². The number of hydrogen-bond acceptors (Lipinski definition) is 4. The number of aliphatic hydroxyl groups is 1. The van der Waals surface area contributed by atoms with Crippen LogP contribution in [0.3, 0.4) is 0 Å². The number of rotatable bonds is 4. The summed E-state index contributed by atoms with van der Waals surface area (Å²) in [5, 5.41) is 14.6. The molecule has 1 fully saturated rings. The highest BCUT2D eigenvalue weighted by Crippen LogP contribution is 2.32. The van der Waals surface area contributed by atoms with Gasteiger partial charge in [0.05, 0.1) is 17.0 Å². The molecule has 0 spiro atoms. The van der Waals surface area contributed by atoms with Crippen molar-refractivity contribution in [2.45, 2.75) is 57.3 Å². The molecule has 6 heteroatoms. The van der Waals surface area contributed by atoms with Gasteiger partial charge in [0.1, 0.15) is 9.84 Å². The van der Waals surface area contributed by atoms with Crippen molar-refractivity contribution in [3.8, 4) is 0 Å². The summed E-state index contributed by atoms with van der Waals surface area (Å²) in [6.07, 6.45) is 4.48. The highest BCUT2D eigenvalue weighted by atomic mass is 32.2. The molecule has 3 atom stereocenters. The molecule has 1 saturated carbocycles. The first kappa shape index (κ1) is 16.5. The van der Waals surface area contributed by atoms with Gasteiger partial charge in [-0.2, -0.15) is 5.10 Å². The van der Waals surface area contributed by atoms with E-state index in [1.807, 2.05) is 25.6 Å². The van der Waals surface area contributed by atoms with Crippen molar-refractivity contribution in [3.63, 3.8) is 0 Å². The van der Waals surface area contributed by atoms with E-state index >= 15 is 0 Å². The average Bonchev–Trinajstić information content (AvgIpc) is 2.64. The Labute approximate surface area is 127 Å². The van der Waals surface area contributed by atoms with Crippen molar-refractivity contribution < 1.29 is 13.5 Å². The van der Waals surface area contributed by atoms with Gasteiger partial charge >= 0.3 is 0 Å². The molecule has 1 aromatic rings. The maximum absolute atomic E-state index is 11.7. The number of hydrogen-bond donors (Lipinski definition) is 1. The number of aliphatic hydroxyl groups excluding tert-OH is 1. The highest BCUT2D eigenvalue weighted by Gasteiger charge is 2.33. The molecule has 0 bridgehead atoms. The molecule has 1 aromatic heterocycles. The van der Waals surface area contributed by atoms with E-state index in [2.05, 4.69) is 5.10 Å². The summed E-state index contributed by atoms with van der Waals surface area (Å²) < 4.78 is 25.3. The Bertz CT molecular complexity index is 607. The molecule has 120 valence electrons. The minimum absolute atomic E-state index is 0.0671. The lowest BCUT2D eigenvalue weighted by atomic mass is 9.82. The molecule has 0 aliphatic heterocycles. The smallest absolute Gasteiger partial charge is 0.150 e. The zero-order valence-electron chi connectivity index (χ0n) is 13.3. The number of nitrogens with zero attached hydrogens (tertiary/aromatic N) is 2. The standard InChI is InChI=1S/C15H26N2O3S/c1-10-14(11(2)17(3)16-10)9-15(18)12-6-5-7-13(8-12)21(4,19)20/h12-13,15,18H,5-9H2,1-4H3. The number of aryl methyl sites for hydroxylation is 2. The maximum atomic E-state index is 11.7. The van der Waals surface area contributed by atoms with Crippen molar-refractivity contribution in [1.29, 1.82) is 0 Å². The third-order valence-electron chi connectivity index (χ3n) is 4.89. The summed E-state index contributed by atoms with van der Waals surface area (Å²) in [5.41, 5.74) is 3.11. The van der Waals surface area contributed by atoms with Crippen LogP contribution in [0.25, 0.3) is 0 Å². The molecule has 0 radical (unpaired) electrons. The fourth-order valence-corrected chi connectivity index (χ4v) is 4.60. The monoisotopic (exact) mass is 314 g/mol. The fourth-order valence-electron chi connectivity index (χ4n) is 3.41. The Morgan fingerprint density at radius 1 is 1.38 bits per heavy atom. The molecule has 21 heavy (non-hydrogen) atoms. The molecule has 1 heterocycles. The summed E-state index contributed by atoms with van der Waals surface area (Å²) in [6, 6.07) is 0. The SMILES string of the molecule is Cc1nn(C)c(C)c1CC(O)C1CCCC(S(C)(=O)=O)C1. The predicted octanol–water partition coefficient (Wildman–Crippen LogP) is 1.54. The van der Waals surface area contributed by atoms with Gasteiger partial charge in [0.2, 0.25) is 0 Å². The van der Waals surface area contributed by atoms with Crippen LogP contribution in [-0.4, -0.2) is 40.9 Å². The second-order valence-electron chi connectivity index (χ2n) is 6.42. The molecule has 1 aliphatic rings. The molecule has 3 unspecified atom stereocenters. The summed E-state index contributed by atoms with van der Waals surface area (Å²) in [7, 11) is -1.10. The van der Waals surface area contributed by atoms with Crippen LogP contribution in [0.4, 0.5) is 0 Å². The Morgan fingerprint density at radius 2 is 2.05 bits per heavy atom. The molecule has 1 N–H and O–H groups in total. The first-order chi connectivity index (χ1) is 9.70. The van der Waals surface area contributed by atoms with Crippen LogP contribution in [0.2, 0.25) is 0 Å². The molecule has 2 rings (SSSR count). The van der Waals surface area contributed by atoms with E-state index in [1.165, 1.54) is 6.26 Å². The second kappa shape index (κ2) is 6.08. The molecule has 0 aromatic carbocycles. The van der Waals surface area contributed by atoms with Crippen molar-refractivity contribution in [3.05, 3.63) is 17.0 Å². The van der Waals surface area contributed by atoms with Gasteiger partial charge in [-0.1, -0.05) is 6.42 Å². The number of aromatic nitrogens is 2. The van der Waals surface area contributed by atoms with Crippen LogP contribution < -0.4 is 0 Å². The van der Waals surface area contributed by atoms with E-state index in [9.17, 15) is 13.5 Å². The van der Waals surface area contributed by atoms with E-state index in [0.29, 0.717) is 12.8 Å². The van der Waals surface area contributed by atoms with E-state index < -0.39 is 15.9 Å². The van der Waals surface area contributed by atoms with Gasteiger partial charge in [0.15, 0.2) is 0 Å². The molecule has 0 amide bonds. The third kappa shape index (κ3) is 3.66. The first-order valence-electron chi connectivity index (χ1n) is 7.56. The van der Waals surface area contributed by atoms with Gasteiger partial charge < -0.3 is 5.11 Å². The average molecular weight is 314 g/mol. The van der Waals surface area contributed by atoms with E-state index in [4.69, 9.17) is 0 Å². The molecular weight excluding hydrogens is 288 g/mol. The Balaban J connectivity index is 2.08. The van der Waals surface area contributed by atoms with Gasteiger partial charge in [-0.15, -0.1) is 0 Å². The molecule has 5 nitrogen and oxygen atoms in total. The zero-order chi connectivity index (χ0) is 15.8.